The normalized spacial score (nSPS) is 10.6. The van der Waals surface area contributed by atoms with E-state index in [2.05, 4.69) is 10.4 Å². The average Bonchev–Trinajstić information content (AvgIpc) is 3.39. The van der Waals surface area contributed by atoms with Crippen LogP contribution in [0.3, 0.4) is 0 Å². The fraction of sp³-hybridized carbons (Fsp3) is 0.261. The van der Waals surface area contributed by atoms with Gasteiger partial charge in [0.2, 0.25) is 0 Å². The molecule has 2 amide bonds. The number of benzene rings is 1. The second-order valence-corrected chi connectivity index (χ2v) is 8.25. The summed E-state index contributed by atoms with van der Waals surface area (Å²) in [5, 5.41) is 8.96. The Hall–Kier alpha value is -3.99. The molecular weight excluding hydrogens is 460 g/mol. The highest BCUT2D eigenvalue weighted by Crippen LogP contribution is 2.23. The van der Waals surface area contributed by atoms with E-state index >= 15 is 0 Å². The van der Waals surface area contributed by atoms with Gasteiger partial charge in [0.25, 0.3) is 11.8 Å². The fourth-order valence-corrected chi connectivity index (χ4v) is 4.14. The lowest BCUT2D eigenvalue weighted by Gasteiger charge is -2.08. The number of carbonyl (C=O) groups is 4. The average molecular weight is 485 g/mol. The van der Waals surface area contributed by atoms with Gasteiger partial charge in [0, 0.05) is 12.1 Å². The van der Waals surface area contributed by atoms with Crippen molar-refractivity contribution < 1.29 is 28.7 Å². The van der Waals surface area contributed by atoms with Gasteiger partial charge in [-0.05, 0) is 61.5 Å². The van der Waals surface area contributed by atoms with Gasteiger partial charge in [-0.3, -0.25) is 14.4 Å². The molecule has 0 aliphatic carbocycles. The Bertz CT molecular complexity index is 1230. The number of nitrogens with zero attached hydrogens (tertiary/aromatic N) is 2. The summed E-state index contributed by atoms with van der Waals surface area (Å²) in [6.45, 7) is 3.26. The van der Waals surface area contributed by atoms with Crippen LogP contribution in [-0.2, 0) is 25.5 Å². The molecule has 0 saturated heterocycles. The quantitative estimate of drug-likeness (QED) is 0.444. The number of nitrogens with one attached hydrogen (secondary N) is 1. The molecule has 0 saturated carbocycles. The molecule has 3 rings (SSSR count). The van der Waals surface area contributed by atoms with Crippen LogP contribution in [-0.4, -0.2) is 47.3 Å². The molecule has 2 heterocycles. The van der Waals surface area contributed by atoms with Gasteiger partial charge in [-0.1, -0.05) is 0 Å². The van der Waals surface area contributed by atoms with Gasteiger partial charge in [0.15, 0.2) is 6.61 Å². The maximum atomic E-state index is 12.3. The Morgan fingerprint density at radius 2 is 1.82 bits per heavy atom. The number of ether oxygens (including phenoxy) is 2. The zero-order valence-corrected chi connectivity index (χ0v) is 19.7. The van der Waals surface area contributed by atoms with Gasteiger partial charge in [-0.2, -0.15) is 5.10 Å². The van der Waals surface area contributed by atoms with Crippen molar-refractivity contribution >= 4 is 40.1 Å². The number of rotatable bonds is 9. The van der Waals surface area contributed by atoms with E-state index in [1.54, 1.807) is 34.3 Å². The lowest BCUT2D eigenvalue weighted by molar-refractivity contribution is -0.140. The van der Waals surface area contributed by atoms with Crippen LogP contribution < -0.4 is 11.1 Å². The third kappa shape index (κ3) is 5.67. The van der Waals surface area contributed by atoms with Crippen molar-refractivity contribution in [2.75, 3.05) is 19.0 Å². The molecular formula is C23H24N4O6S. The molecule has 0 fully saturated rings. The fourth-order valence-electron chi connectivity index (χ4n) is 3.33. The molecule has 0 radical (unpaired) electrons. The smallest absolute Gasteiger partial charge is 0.338 e. The number of hydrogen-bond donors (Lipinski definition) is 2. The summed E-state index contributed by atoms with van der Waals surface area (Å²) in [7, 11) is 1.36. The Kier molecular flexibility index (Phi) is 7.79. The highest BCUT2D eigenvalue weighted by Gasteiger charge is 2.17. The number of primary amides is 1. The Morgan fingerprint density at radius 1 is 1.12 bits per heavy atom. The molecule has 178 valence electrons. The molecule has 34 heavy (non-hydrogen) atoms. The number of carbonyl (C=O) groups excluding carboxylic acids is 4. The summed E-state index contributed by atoms with van der Waals surface area (Å²) in [5.74, 6) is -2.20. The number of hydrogen-bond acceptors (Lipinski definition) is 8. The minimum Gasteiger partial charge on any atom is -0.469 e. The van der Waals surface area contributed by atoms with E-state index in [-0.39, 0.29) is 23.5 Å². The maximum Gasteiger partial charge on any atom is 0.338 e. The van der Waals surface area contributed by atoms with Gasteiger partial charge in [0.1, 0.15) is 5.00 Å². The van der Waals surface area contributed by atoms with Crippen molar-refractivity contribution in [1.82, 2.24) is 9.78 Å². The van der Waals surface area contributed by atoms with Gasteiger partial charge in [-0.15, -0.1) is 11.3 Å². The standard InChI is InChI=1S/C23H24N4O6S/c1-13-17(8-9-20(29)32-3)14(2)27(26-13)16-6-4-15(5-7-16)23(31)33-12-19(28)25-22-18(21(24)30)10-11-34-22/h4-7,10-11H,8-9,12H2,1-3H3,(H2,24,30)(H,25,28). The van der Waals surface area contributed by atoms with Crippen molar-refractivity contribution in [2.24, 2.45) is 5.73 Å². The number of thiophene rings is 1. The van der Waals surface area contributed by atoms with Crippen LogP contribution >= 0.6 is 11.3 Å². The van der Waals surface area contributed by atoms with Crippen LogP contribution in [0.1, 0.15) is 44.1 Å². The summed E-state index contributed by atoms with van der Waals surface area (Å²) in [6.07, 6.45) is 0.780. The van der Waals surface area contributed by atoms with Crippen LogP contribution in [0.5, 0.6) is 0 Å². The second-order valence-electron chi connectivity index (χ2n) is 7.34. The Balaban J connectivity index is 1.61. The van der Waals surface area contributed by atoms with Gasteiger partial charge in [0.05, 0.1) is 29.6 Å². The van der Waals surface area contributed by atoms with Crippen molar-refractivity contribution in [2.45, 2.75) is 26.7 Å². The highest BCUT2D eigenvalue weighted by atomic mass is 32.1. The van der Waals surface area contributed by atoms with Crippen molar-refractivity contribution in [3.05, 3.63) is 63.8 Å². The predicted octanol–water partition coefficient (Wildman–Crippen LogP) is 2.55. The lowest BCUT2D eigenvalue weighted by Crippen LogP contribution is -2.22. The molecule has 3 aromatic rings. The number of amides is 2. The molecule has 0 unspecified atom stereocenters. The highest BCUT2D eigenvalue weighted by molar-refractivity contribution is 7.14. The minimum atomic E-state index is -0.671. The number of esters is 2. The molecule has 2 aromatic heterocycles. The molecule has 1 aromatic carbocycles. The van der Waals surface area contributed by atoms with Crippen LogP contribution in [0.25, 0.3) is 5.69 Å². The summed E-state index contributed by atoms with van der Waals surface area (Å²) >= 11 is 1.14. The monoisotopic (exact) mass is 484 g/mol. The number of aromatic nitrogens is 2. The molecule has 11 heteroatoms. The number of anilines is 1. The van der Waals surface area contributed by atoms with Crippen LogP contribution in [0.4, 0.5) is 5.00 Å². The first-order valence-electron chi connectivity index (χ1n) is 10.3. The largest absolute Gasteiger partial charge is 0.469 e. The Morgan fingerprint density at radius 3 is 2.47 bits per heavy atom. The SMILES string of the molecule is COC(=O)CCc1c(C)nn(-c2ccc(C(=O)OCC(=O)Nc3sccc3C(N)=O)cc2)c1C. The van der Waals surface area contributed by atoms with Gasteiger partial charge in [-0.25, -0.2) is 9.48 Å². The molecule has 0 aliphatic heterocycles. The van der Waals surface area contributed by atoms with Crippen LogP contribution in [0.2, 0.25) is 0 Å². The maximum absolute atomic E-state index is 12.3. The van der Waals surface area contributed by atoms with E-state index < -0.39 is 24.4 Å². The summed E-state index contributed by atoms with van der Waals surface area (Å²) in [6, 6.07) is 8.08. The van der Waals surface area contributed by atoms with Crippen molar-refractivity contribution in [1.29, 1.82) is 0 Å². The lowest BCUT2D eigenvalue weighted by atomic mass is 10.1. The zero-order valence-electron chi connectivity index (χ0n) is 18.9. The van der Waals surface area contributed by atoms with Crippen molar-refractivity contribution in [3.8, 4) is 5.69 Å². The summed E-state index contributed by atoms with van der Waals surface area (Å²) in [4.78, 5) is 47.2. The third-order valence-corrected chi connectivity index (χ3v) is 5.94. The predicted molar refractivity (Wildman–Crippen MR) is 125 cm³/mol. The van der Waals surface area contributed by atoms with E-state index in [0.29, 0.717) is 11.4 Å². The second kappa shape index (κ2) is 10.8. The van der Waals surface area contributed by atoms with Crippen molar-refractivity contribution in [3.63, 3.8) is 0 Å². The molecule has 0 spiro atoms. The van der Waals surface area contributed by atoms with E-state index in [1.807, 2.05) is 13.8 Å². The van der Waals surface area contributed by atoms with E-state index in [9.17, 15) is 19.2 Å². The third-order valence-electron chi connectivity index (χ3n) is 5.11. The molecule has 0 aliphatic rings. The summed E-state index contributed by atoms with van der Waals surface area (Å²) < 4.78 is 11.5. The molecule has 0 atom stereocenters. The molecule has 3 N–H and O–H groups in total. The first-order valence-corrected chi connectivity index (χ1v) is 11.2. The first kappa shape index (κ1) is 24.6. The van der Waals surface area contributed by atoms with Gasteiger partial charge >= 0.3 is 11.9 Å². The van der Waals surface area contributed by atoms with E-state index in [0.717, 1.165) is 34.0 Å². The van der Waals surface area contributed by atoms with Crippen LogP contribution in [0.15, 0.2) is 35.7 Å². The molecule has 10 nitrogen and oxygen atoms in total. The number of methoxy groups -OCH3 is 1. The Labute approximate surface area is 199 Å². The first-order chi connectivity index (χ1) is 16.2. The number of nitrogens with two attached hydrogens (primary N) is 1. The molecule has 0 bridgehead atoms. The zero-order chi connectivity index (χ0) is 24.8. The number of aryl methyl sites for hydroxylation is 1. The van der Waals surface area contributed by atoms with Gasteiger partial charge < -0.3 is 20.5 Å². The van der Waals surface area contributed by atoms with Crippen LogP contribution in [0, 0.1) is 13.8 Å². The summed E-state index contributed by atoms with van der Waals surface area (Å²) in [5.41, 5.74) is 9.09. The van der Waals surface area contributed by atoms with E-state index in [4.69, 9.17) is 15.2 Å². The van der Waals surface area contributed by atoms with E-state index in [1.165, 1.54) is 13.2 Å². The topological polar surface area (TPSA) is 143 Å². The minimum absolute atomic E-state index is 0.192.